The molecule has 0 aliphatic carbocycles. The van der Waals surface area contributed by atoms with Crippen molar-refractivity contribution in [3.05, 3.63) is 58.5 Å². The normalized spacial score (nSPS) is 12.6. The van der Waals surface area contributed by atoms with E-state index in [2.05, 4.69) is 5.43 Å². The molecule has 0 saturated carbocycles. The average Bonchev–Trinajstić information content (AvgIpc) is 2.83. The number of hydrogen-bond donors (Lipinski definition) is 2. The van der Waals surface area contributed by atoms with Crippen LogP contribution in [0.3, 0.4) is 0 Å². The van der Waals surface area contributed by atoms with Crippen LogP contribution in [0.2, 0.25) is 5.02 Å². The predicted octanol–water partition coefficient (Wildman–Crippen LogP) is 2.99. The van der Waals surface area contributed by atoms with Crippen LogP contribution in [0.5, 0.6) is 0 Å². The van der Waals surface area contributed by atoms with Crippen molar-refractivity contribution in [1.29, 1.82) is 0 Å². The molecule has 0 saturated heterocycles. The van der Waals surface area contributed by atoms with Crippen molar-refractivity contribution in [2.75, 3.05) is 0 Å². The van der Waals surface area contributed by atoms with Gasteiger partial charge in [0.05, 0.1) is 18.6 Å². The van der Waals surface area contributed by atoms with E-state index in [0.29, 0.717) is 0 Å². The maximum absolute atomic E-state index is 6.29. The number of benzene rings is 1. The quantitative estimate of drug-likeness (QED) is 0.648. The van der Waals surface area contributed by atoms with Crippen molar-refractivity contribution in [3.63, 3.8) is 0 Å². The Morgan fingerprint density at radius 2 is 2.24 bits per heavy atom. The Labute approximate surface area is 106 Å². The van der Waals surface area contributed by atoms with Gasteiger partial charge >= 0.3 is 0 Å². The van der Waals surface area contributed by atoms with E-state index in [9.17, 15) is 0 Å². The van der Waals surface area contributed by atoms with Crippen molar-refractivity contribution in [3.8, 4) is 0 Å². The zero-order valence-electron chi connectivity index (χ0n) is 9.61. The second-order valence-corrected chi connectivity index (χ2v) is 4.41. The number of nitrogens with two attached hydrogens (primary N) is 1. The number of hydrogen-bond acceptors (Lipinski definition) is 3. The first-order chi connectivity index (χ1) is 8.22. The minimum absolute atomic E-state index is 0.0139. The molecule has 0 bridgehead atoms. The number of hydrazine groups is 1. The molecule has 3 N–H and O–H groups in total. The molecule has 0 aliphatic rings. The molecule has 0 amide bonds. The number of rotatable bonds is 4. The van der Waals surface area contributed by atoms with Crippen molar-refractivity contribution in [2.24, 2.45) is 5.84 Å². The summed E-state index contributed by atoms with van der Waals surface area (Å²) < 4.78 is 5.05. The topological polar surface area (TPSA) is 51.2 Å². The van der Waals surface area contributed by atoms with Crippen LogP contribution >= 0.6 is 11.6 Å². The molecule has 1 unspecified atom stereocenters. The molecule has 0 radical (unpaired) electrons. The molecule has 17 heavy (non-hydrogen) atoms. The summed E-state index contributed by atoms with van der Waals surface area (Å²) >= 11 is 6.29. The highest BCUT2D eigenvalue weighted by Crippen LogP contribution is 2.27. The van der Waals surface area contributed by atoms with E-state index in [-0.39, 0.29) is 6.04 Å². The smallest absolute Gasteiger partial charge is 0.0935 e. The van der Waals surface area contributed by atoms with E-state index in [0.717, 1.165) is 28.1 Å². The second kappa shape index (κ2) is 5.36. The molecule has 1 aromatic heterocycles. The number of aryl methyl sites for hydroxylation is 1. The van der Waals surface area contributed by atoms with Gasteiger partial charge in [0.15, 0.2) is 0 Å². The molecule has 1 aromatic carbocycles. The summed E-state index contributed by atoms with van der Waals surface area (Å²) in [6.07, 6.45) is 4.12. The molecule has 1 atom stereocenters. The largest absolute Gasteiger partial charge is 0.472 e. The third kappa shape index (κ3) is 2.69. The fraction of sp³-hybridized carbons (Fsp3) is 0.231. The van der Waals surface area contributed by atoms with Gasteiger partial charge in [0.25, 0.3) is 0 Å². The maximum Gasteiger partial charge on any atom is 0.0935 e. The van der Waals surface area contributed by atoms with Gasteiger partial charge in [0, 0.05) is 5.02 Å². The summed E-state index contributed by atoms with van der Waals surface area (Å²) in [7, 11) is 0. The Balaban J connectivity index is 2.26. The second-order valence-electron chi connectivity index (χ2n) is 4.03. The Bertz CT molecular complexity index is 482. The molecule has 90 valence electrons. The lowest BCUT2D eigenvalue weighted by molar-refractivity contribution is 0.536. The molecular weight excluding hydrogens is 236 g/mol. The Morgan fingerprint density at radius 1 is 1.41 bits per heavy atom. The van der Waals surface area contributed by atoms with Gasteiger partial charge < -0.3 is 4.42 Å². The average molecular weight is 251 g/mol. The molecule has 2 aromatic rings. The Hall–Kier alpha value is -1.29. The first kappa shape index (κ1) is 12.2. The minimum Gasteiger partial charge on any atom is -0.472 e. The van der Waals surface area contributed by atoms with Gasteiger partial charge in [0.1, 0.15) is 0 Å². The van der Waals surface area contributed by atoms with Gasteiger partial charge in [-0.2, -0.15) is 0 Å². The van der Waals surface area contributed by atoms with Crippen LogP contribution in [0.25, 0.3) is 0 Å². The van der Waals surface area contributed by atoms with Gasteiger partial charge in [-0.15, -0.1) is 0 Å². The summed E-state index contributed by atoms with van der Waals surface area (Å²) in [5.41, 5.74) is 5.95. The molecule has 2 rings (SSSR count). The van der Waals surface area contributed by atoms with E-state index in [1.165, 1.54) is 0 Å². The van der Waals surface area contributed by atoms with Crippen molar-refractivity contribution < 1.29 is 4.42 Å². The lowest BCUT2D eigenvalue weighted by Crippen LogP contribution is -2.29. The molecule has 3 nitrogen and oxygen atoms in total. The number of halogens is 1. The van der Waals surface area contributed by atoms with E-state index in [4.69, 9.17) is 21.9 Å². The van der Waals surface area contributed by atoms with E-state index in [1.807, 2.05) is 31.2 Å². The van der Waals surface area contributed by atoms with E-state index in [1.54, 1.807) is 12.5 Å². The molecule has 0 spiro atoms. The van der Waals surface area contributed by atoms with Gasteiger partial charge in [0.2, 0.25) is 0 Å². The lowest BCUT2D eigenvalue weighted by Gasteiger charge is -2.17. The summed E-state index contributed by atoms with van der Waals surface area (Å²) in [6.45, 7) is 1.98. The zero-order valence-corrected chi connectivity index (χ0v) is 10.4. The van der Waals surface area contributed by atoms with Gasteiger partial charge in [-0.25, -0.2) is 0 Å². The molecule has 1 heterocycles. The molecular formula is C13H15ClN2O. The maximum atomic E-state index is 6.29. The fourth-order valence-corrected chi connectivity index (χ4v) is 2.10. The third-order valence-electron chi connectivity index (χ3n) is 2.82. The predicted molar refractivity (Wildman–Crippen MR) is 68.7 cm³/mol. The highest BCUT2D eigenvalue weighted by Gasteiger charge is 2.15. The first-order valence-corrected chi connectivity index (χ1v) is 5.82. The van der Waals surface area contributed by atoms with Crippen molar-refractivity contribution in [2.45, 2.75) is 19.4 Å². The summed E-state index contributed by atoms with van der Waals surface area (Å²) in [6, 6.07) is 7.86. The summed E-state index contributed by atoms with van der Waals surface area (Å²) in [5.74, 6) is 5.60. The van der Waals surface area contributed by atoms with E-state index >= 15 is 0 Å². The summed E-state index contributed by atoms with van der Waals surface area (Å²) in [5, 5.41) is 0.763. The minimum atomic E-state index is -0.0139. The Kier molecular flexibility index (Phi) is 3.84. The van der Waals surface area contributed by atoms with Gasteiger partial charge in [-0.1, -0.05) is 29.8 Å². The zero-order chi connectivity index (χ0) is 12.3. The van der Waals surface area contributed by atoms with E-state index < -0.39 is 0 Å². The van der Waals surface area contributed by atoms with Crippen LogP contribution < -0.4 is 11.3 Å². The third-order valence-corrected chi connectivity index (χ3v) is 3.33. The summed E-state index contributed by atoms with van der Waals surface area (Å²) in [4.78, 5) is 0. The SMILES string of the molecule is Cc1cccc(C(Cc2ccoc2)NN)c1Cl. The van der Waals surface area contributed by atoms with Crippen LogP contribution in [-0.4, -0.2) is 0 Å². The molecule has 0 fully saturated rings. The van der Waals surface area contributed by atoms with Gasteiger partial charge in [-0.05, 0) is 36.1 Å². The van der Waals surface area contributed by atoms with Crippen LogP contribution in [-0.2, 0) is 6.42 Å². The standard InChI is InChI=1S/C13H15ClN2O/c1-9-3-2-4-11(13(9)14)12(16-15)7-10-5-6-17-8-10/h2-6,8,12,16H,7,15H2,1H3. The lowest BCUT2D eigenvalue weighted by atomic mass is 9.99. The monoisotopic (exact) mass is 250 g/mol. The number of nitrogens with one attached hydrogen (secondary N) is 1. The number of furan rings is 1. The van der Waals surface area contributed by atoms with Crippen molar-refractivity contribution >= 4 is 11.6 Å². The van der Waals surface area contributed by atoms with Crippen LogP contribution in [0.4, 0.5) is 0 Å². The highest BCUT2D eigenvalue weighted by atomic mass is 35.5. The van der Waals surface area contributed by atoms with Gasteiger partial charge in [-0.3, -0.25) is 11.3 Å². The fourth-order valence-electron chi connectivity index (χ4n) is 1.84. The Morgan fingerprint density at radius 3 is 2.88 bits per heavy atom. The first-order valence-electron chi connectivity index (χ1n) is 5.44. The molecule has 0 aliphatic heterocycles. The van der Waals surface area contributed by atoms with Crippen LogP contribution in [0.15, 0.2) is 41.2 Å². The highest BCUT2D eigenvalue weighted by molar-refractivity contribution is 6.32. The molecule has 4 heteroatoms. The van der Waals surface area contributed by atoms with Crippen molar-refractivity contribution in [1.82, 2.24) is 5.43 Å². The van der Waals surface area contributed by atoms with Crippen LogP contribution in [0.1, 0.15) is 22.7 Å². The van der Waals surface area contributed by atoms with Crippen LogP contribution in [0, 0.1) is 6.92 Å².